The average molecular weight is 360 g/mol. The molecule has 4 rings (SSSR count). The maximum Gasteiger partial charge on any atom is 0.123 e. The molecule has 1 atom stereocenters. The minimum Gasteiger partial charge on any atom is -0.327 e. The van der Waals surface area contributed by atoms with Gasteiger partial charge in [0, 0.05) is 42.1 Å². The van der Waals surface area contributed by atoms with Crippen LogP contribution in [0.5, 0.6) is 0 Å². The molecule has 0 bridgehead atoms. The summed E-state index contributed by atoms with van der Waals surface area (Å²) >= 11 is 0. The first-order chi connectivity index (χ1) is 13.2. The normalized spacial score (nSPS) is 12.4. The summed E-state index contributed by atoms with van der Waals surface area (Å²) in [5, 5.41) is 6.75. The number of benzene rings is 2. The van der Waals surface area contributed by atoms with E-state index in [2.05, 4.69) is 28.3 Å². The highest BCUT2D eigenvalue weighted by molar-refractivity contribution is 5.86. The van der Waals surface area contributed by atoms with Crippen molar-refractivity contribution in [1.82, 2.24) is 14.8 Å². The molecule has 5 heteroatoms. The SMILES string of the molecule is NC(CCn1cc(-c2ccc3cnccc3c2)cn1)Cc1ccc(F)cc1. The molecule has 2 aromatic carbocycles. The molecule has 2 N–H and O–H groups in total. The van der Waals surface area contributed by atoms with Crippen LogP contribution < -0.4 is 5.73 Å². The Hall–Kier alpha value is -3.05. The molecule has 2 aromatic heterocycles. The summed E-state index contributed by atoms with van der Waals surface area (Å²) in [6.07, 6.45) is 9.14. The van der Waals surface area contributed by atoms with Crippen molar-refractivity contribution < 1.29 is 4.39 Å². The molecule has 0 spiro atoms. The molecule has 0 aliphatic carbocycles. The highest BCUT2D eigenvalue weighted by atomic mass is 19.1. The molecule has 136 valence electrons. The first-order valence-electron chi connectivity index (χ1n) is 9.04. The van der Waals surface area contributed by atoms with Crippen LogP contribution in [-0.4, -0.2) is 20.8 Å². The number of aromatic nitrogens is 3. The number of pyridine rings is 1. The lowest BCUT2D eigenvalue weighted by Crippen LogP contribution is -2.24. The molecular formula is C22H21FN4. The molecule has 0 aliphatic rings. The van der Waals surface area contributed by atoms with Gasteiger partial charge in [-0.1, -0.05) is 24.3 Å². The van der Waals surface area contributed by atoms with E-state index >= 15 is 0 Å². The minimum atomic E-state index is -0.221. The lowest BCUT2D eigenvalue weighted by Gasteiger charge is -2.11. The molecule has 4 nitrogen and oxygen atoms in total. The second kappa shape index (κ2) is 7.68. The van der Waals surface area contributed by atoms with Gasteiger partial charge in [0.2, 0.25) is 0 Å². The molecule has 0 radical (unpaired) electrons. The molecule has 0 saturated heterocycles. The average Bonchev–Trinajstić information content (AvgIpc) is 3.17. The molecule has 2 heterocycles. The Morgan fingerprint density at radius 2 is 1.81 bits per heavy atom. The van der Waals surface area contributed by atoms with Crippen LogP contribution >= 0.6 is 0 Å². The summed E-state index contributed by atoms with van der Waals surface area (Å²) < 4.78 is 14.9. The van der Waals surface area contributed by atoms with Crippen LogP contribution in [-0.2, 0) is 13.0 Å². The highest BCUT2D eigenvalue weighted by Gasteiger charge is 2.07. The fourth-order valence-corrected chi connectivity index (χ4v) is 3.22. The fraction of sp³-hybridized carbons (Fsp3) is 0.182. The summed E-state index contributed by atoms with van der Waals surface area (Å²) in [7, 11) is 0. The second-order valence-electron chi connectivity index (χ2n) is 6.81. The van der Waals surface area contributed by atoms with Gasteiger partial charge in [-0.2, -0.15) is 5.10 Å². The number of rotatable bonds is 6. The number of hydrogen-bond donors (Lipinski definition) is 1. The van der Waals surface area contributed by atoms with Crippen molar-refractivity contribution in [3.63, 3.8) is 0 Å². The van der Waals surface area contributed by atoms with E-state index in [9.17, 15) is 4.39 Å². The third kappa shape index (κ3) is 4.20. The number of nitrogens with two attached hydrogens (primary N) is 1. The summed E-state index contributed by atoms with van der Waals surface area (Å²) in [4.78, 5) is 4.15. The van der Waals surface area contributed by atoms with Gasteiger partial charge in [0.1, 0.15) is 5.82 Å². The van der Waals surface area contributed by atoms with Gasteiger partial charge < -0.3 is 5.73 Å². The molecule has 0 saturated carbocycles. The second-order valence-corrected chi connectivity index (χ2v) is 6.81. The van der Waals surface area contributed by atoms with Crippen molar-refractivity contribution in [2.75, 3.05) is 0 Å². The highest BCUT2D eigenvalue weighted by Crippen LogP contribution is 2.23. The van der Waals surface area contributed by atoms with Gasteiger partial charge in [-0.3, -0.25) is 9.67 Å². The molecule has 1 unspecified atom stereocenters. The lowest BCUT2D eigenvalue weighted by molar-refractivity contribution is 0.507. The van der Waals surface area contributed by atoms with Gasteiger partial charge in [0.05, 0.1) is 6.20 Å². The van der Waals surface area contributed by atoms with Crippen LogP contribution in [0.25, 0.3) is 21.9 Å². The van der Waals surface area contributed by atoms with Crippen LogP contribution in [0.3, 0.4) is 0 Å². The largest absolute Gasteiger partial charge is 0.327 e. The first-order valence-corrected chi connectivity index (χ1v) is 9.04. The molecular weight excluding hydrogens is 339 g/mol. The first kappa shape index (κ1) is 17.4. The Morgan fingerprint density at radius 3 is 2.67 bits per heavy atom. The Bertz CT molecular complexity index is 1040. The quantitative estimate of drug-likeness (QED) is 0.561. The van der Waals surface area contributed by atoms with Crippen molar-refractivity contribution >= 4 is 10.8 Å². The summed E-state index contributed by atoms with van der Waals surface area (Å²) in [6, 6.07) is 14.9. The van der Waals surface area contributed by atoms with Crippen molar-refractivity contribution in [3.8, 4) is 11.1 Å². The predicted molar refractivity (Wildman–Crippen MR) is 106 cm³/mol. The van der Waals surface area contributed by atoms with Crippen LogP contribution in [0.1, 0.15) is 12.0 Å². The minimum absolute atomic E-state index is 0.0104. The van der Waals surface area contributed by atoms with E-state index in [4.69, 9.17) is 5.73 Å². The maximum atomic E-state index is 13.0. The van der Waals surface area contributed by atoms with Gasteiger partial charge in [0.15, 0.2) is 0 Å². The standard InChI is InChI=1S/C22H21FN4/c23-21-5-1-16(2-6-21)11-22(24)8-10-27-15-20(14-26-27)17-3-4-19-13-25-9-7-18(19)12-17/h1-7,9,12-15,22H,8,10-11,24H2. The number of hydrogen-bond acceptors (Lipinski definition) is 3. The number of halogens is 1. The zero-order chi connectivity index (χ0) is 18.6. The van der Waals surface area contributed by atoms with Crippen molar-refractivity contribution in [1.29, 1.82) is 0 Å². The smallest absolute Gasteiger partial charge is 0.123 e. The molecule has 0 aliphatic heterocycles. The van der Waals surface area contributed by atoms with Crippen LogP contribution in [0, 0.1) is 5.82 Å². The van der Waals surface area contributed by atoms with Crippen LogP contribution in [0.4, 0.5) is 4.39 Å². The van der Waals surface area contributed by atoms with Crippen LogP contribution in [0.15, 0.2) is 73.3 Å². The third-order valence-electron chi connectivity index (χ3n) is 4.75. The third-order valence-corrected chi connectivity index (χ3v) is 4.75. The van der Waals surface area contributed by atoms with E-state index in [1.54, 1.807) is 18.3 Å². The van der Waals surface area contributed by atoms with Gasteiger partial charge in [-0.25, -0.2) is 4.39 Å². The van der Waals surface area contributed by atoms with E-state index in [0.29, 0.717) is 0 Å². The van der Waals surface area contributed by atoms with Crippen LogP contribution in [0.2, 0.25) is 0 Å². The molecule has 27 heavy (non-hydrogen) atoms. The zero-order valence-electron chi connectivity index (χ0n) is 14.9. The summed E-state index contributed by atoms with van der Waals surface area (Å²) in [5.74, 6) is -0.221. The Kier molecular flexibility index (Phi) is 4.94. The van der Waals surface area contributed by atoms with E-state index in [-0.39, 0.29) is 11.9 Å². The number of nitrogens with zero attached hydrogens (tertiary/aromatic N) is 3. The van der Waals surface area contributed by atoms with E-state index in [1.807, 2.05) is 29.3 Å². The van der Waals surface area contributed by atoms with E-state index in [0.717, 1.165) is 46.8 Å². The number of aryl methyl sites for hydroxylation is 1. The van der Waals surface area contributed by atoms with Crippen molar-refractivity contribution in [3.05, 3.63) is 84.7 Å². The summed E-state index contributed by atoms with van der Waals surface area (Å²) in [6.45, 7) is 0.750. The Morgan fingerprint density at radius 1 is 0.963 bits per heavy atom. The predicted octanol–water partition coefficient (Wildman–Crippen LogP) is 4.20. The fourth-order valence-electron chi connectivity index (χ4n) is 3.22. The monoisotopic (exact) mass is 360 g/mol. The topological polar surface area (TPSA) is 56.7 Å². The molecule has 0 fully saturated rings. The molecule has 0 amide bonds. The van der Waals surface area contributed by atoms with Crippen molar-refractivity contribution in [2.45, 2.75) is 25.4 Å². The molecule has 4 aromatic rings. The Balaban J connectivity index is 1.39. The lowest BCUT2D eigenvalue weighted by atomic mass is 10.0. The summed E-state index contributed by atoms with van der Waals surface area (Å²) in [5.41, 5.74) is 9.50. The van der Waals surface area contributed by atoms with Gasteiger partial charge >= 0.3 is 0 Å². The van der Waals surface area contributed by atoms with E-state index < -0.39 is 0 Å². The zero-order valence-corrected chi connectivity index (χ0v) is 14.9. The van der Waals surface area contributed by atoms with Crippen molar-refractivity contribution in [2.24, 2.45) is 5.73 Å². The van der Waals surface area contributed by atoms with Gasteiger partial charge in [-0.05, 0) is 53.6 Å². The van der Waals surface area contributed by atoms with E-state index in [1.165, 1.54) is 12.1 Å². The maximum absolute atomic E-state index is 13.0. The number of fused-ring (bicyclic) bond motifs is 1. The Labute approximate surface area is 157 Å². The van der Waals surface area contributed by atoms with Gasteiger partial charge in [0.25, 0.3) is 0 Å². The van der Waals surface area contributed by atoms with Gasteiger partial charge in [-0.15, -0.1) is 0 Å².